The number of carboxylic acid groups (broad SMARTS) is 1. The SMILES string of the molecule is CCc1cnc(CNC(=O)NC(C)CCC(=O)O)s1. The van der Waals surface area contributed by atoms with Crippen LogP contribution < -0.4 is 10.6 Å². The molecule has 2 amide bonds. The highest BCUT2D eigenvalue weighted by molar-refractivity contribution is 7.11. The molecule has 106 valence electrons. The third-order valence-corrected chi connectivity index (χ3v) is 3.66. The number of carbonyl (C=O) groups excluding carboxylic acids is 1. The van der Waals surface area contributed by atoms with E-state index in [1.807, 2.05) is 6.20 Å². The molecule has 0 spiro atoms. The molecule has 3 N–H and O–H groups in total. The zero-order valence-electron chi connectivity index (χ0n) is 11.1. The molecule has 0 saturated heterocycles. The number of urea groups is 1. The van der Waals surface area contributed by atoms with Gasteiger partial charge in [-0.3, -0.25) is 4.79 Å². The summed E-state index contributed by atoms with van der Waals surface area (Å²) >= 11 is 1.58. The third kappa shape index (κ3) is 6.19. The van der Waals surface area contributed by atoms with Crippen LogP contribution in [0.4, 0.5) is 4.79 Å². The van der Waals surface area contributed by atoms with Crippen molar-refractivity contribution < 1.29 is 14.7 Å². The monoisotopic (exact) mass is 285 g/mol. The van der Waals surface area contributed by atoms with Crippen molar-refractivity contribution in [1.29, 1.82) is 0 Å². The molecule has 0 fully saturated rings. The number of aliphatic carboxylic acids is 1. The number of hydrogen-bond donors (Lipinski definition) is 3. The number of nitrogens with zero attached hydrogens (tertiary/aromatic N) is 1. The fourth-order valence-electron chi connectivity index (χ4n) is 1.44. The van der Waals surface area contributed by atoms with E-state index in [1.165, 1.54) is 4.88 Å². The first-order valence-electron chi connectivity index (χ1n) is 6.21. The van der Waals surface area contributed by atoms with Crippen molar-refractivity contribution in [3.63, 3.8) is 0 Å². The maximum absolute atomic E-state index is 11.6. The van der Waals surface area contributed by atoms with Gasteiger partial charge in [0.1, 0.15) is 5.01 Å². The van der Waals surface area contributed by atoms with Gasteiger partial charge in [-0.15, -0.1) is 11.3 Å². The number of nitrogens with one attached hydrogen (secondary N) is 2. The van der Waals surface area contributed by atoms with Crippen LogP contribution in [0.25, 0.3) is 0 Å². The van der Waals surface area contributed by atoms with Gasteiger partial charge in [-0.05, 0) is 19.8 Å². The Labute approximate surface area is 116 Å². The first-order chi connectivity index (χ1) is 9.01. The highest BCUT2D eigenvalue weighted by Crippen LogP contribution is 2.12. The zero-order chi connectivity index (χ0) is 14.3. The predicted molar refractivity (Wildman–Crippen MR) is 73.2 cm³/mol. The summed E-state index contributed by atoms with van der Waals surface area (Å²) in [5.74, 6) is -0.857. The van der Waals surface area contributed by atoms with E-state index in [1.54, 1.807) is 18.3 Å². The zero-order valence-corrected chi connectivity index (χ0v) is 11.9. The molecular weight excluding hydrogens is 266 g/mol. The minimum absolute atomic E-state index is 0.0494. The topological polar surface area (TPSA) is 91.3 Å². The number of hydrogen-bond acceptors (Lipinski definition) is 4. The van der Waals surface area contributed by atoms with Gasteiger partial charge in [0.05, 0.1) is 6.54 Å². The van der Waals surface area contributed by atoms with E-state index in [-0.39, 0.29) is 18.5 Å². The summed E-state index contributed by atoms with van der Waals surface area (Å²) < 4.78 is 0. The van der Waals surface area contributed by atoms with Gasteiger partial charge >= 0.3 is 12.0 Å². The van der Waals surface area contributed by atoms with E-state index in [2.05, 4.69) is 22.5 Å². The minimum Gasteiger partial charge on any atom is -0.481 e. The number of amides is 2. The Hall–Kier alpha value is -1.63. The Balaban J connectivity index is 2.25. The van der Waals surface area contributed by atoms with Crippen molar-refractivity contribution in [1.82, 2.24) is 15.6 Å². The van der Waals surface area contributed by atoms with Crippen LogP contribution in [0.1, 0.15) is 36.6 Å². The molecule has 1 unspecified atom stereocenters. The molecule has 0 aliphatic rings. The van der Waals surface area contributed by atoms with E-state index in [4.69, 9.17) is 5.11 Å². The standard InChI is InChI=1S/C12H19N3O3S/c1-3-9-6-13-10(19-9)7-14-12(18)15-8(2)4-5-11(16)17/h6,8H,3-5,7H2,1-2H3,(H,16,17)(H2,14,15,18). The van der Waals surface area contributed by atoms with E-state index < -0.39 is 5.97 Å². The maximum atomic E-state index is 11.6. The largest absolute Gasteiger partial charge is 0.481 e. The molecule has 6 nitrogen and oxygen atoms in total. The third-order valence-electron chi connectivity index (χ3n) is 2.52. The fraction of sp³-hybridized carbons (Fsp3) is 0.583. The maximum Gasteiger partial charge on any atom is 0.315 e. The van der Waals surface area contributed by atoms with Crippen LogP contribution in [-0.4, -0.2) is 28.1 Å². The van der Waals surface area contributed by atoms with Crippen molar-refractivity contribution in [2.75, 3.05) is 0 Å². The molecule has 0 bridgehead atoms. The van der Waals surface area contributed by atoms with E-state index in [0.29, 0.717) is 13.0 Å². The summed E-state index contributed by atoms with van der Waals surface area (Å²) in [4.78, 5) is 27.3. The number of aryl methyl sites for hydroxylation is 1. The Morgan fingerprint density at radius 3 is 2.84 bits per heavy atom. The first-order valence-corrected chi connectivity index (χ1v) is 7.02. The number of aromatic nitrogens is 1. The molecule has 0 radical (unpaired) electrons. The number of carbonyl (C=O) groups is 2. The van der Waals surface area contributed by atoms with Crippen LogP contribution in [0, 0.1) is 0 Å². The summed E-state index contributed by atoms with van der Waals surface area (Å²) in [7, 11) is 0. The normalized spacial score (nSPS) is 11.9. The Morgan fingerprint density at radius 2 is 2.26 bits per heavy atom. The van der Waals surface area contributed by atoms with Gasteiger partial charge in [0, 0.05) is 23.5 Å². The van der Waals surface area contributed by atoms with Gasteiger partial charge in [0.25, 0.3) is 0 Å². The molecule has 1 rings (SSSR count). The van der Waals surface area contributed by atoms with Crippen molar-refractivity contribution in [2.45, 2.75) is 45.7 Å². The molecule has 1 heterocycles. The second-order valence-electron chi connectivity index (χ2n) is 4.23. The second-order valence-corrected chi connectivity index (χ2v) is 5.43. The van der Waals surface area contributed by atoms with Gasteiger partial charge < -0.3 is 15.7 Å². The lowest BCUT2D eigenvalue weighted by Crippen LogP contribution is -2.40. The average Bonchev–Trinajstić information content (AvgIpc) is 2.82. The molecule has 7 heteroatoms. The molecule has 1 aromatic heterocycles. The average molecular weight is 285 g/mol. The van der Waals surface area contributed by atoms with E-state index in [9.17, 15) is 9.59 Å². The molecule has 0 aliphatic heterocycles. The van der Waals surface area contributed by atoms with Gasteiger partial charge in [0.15, 0.2) is 0 Å². The van der Waals surface area contributed by atoms with Crippen LogP contribution in [0.15, 0.2) is 6.20 Å². The fourth-order valence-corrected chi connectivity index (χ4v) is 2.24. The Morgan fingerprint density at radius 1 is 1.53 bits per heavy atom. The number of rotatable bonds is 7. The lowest BCUT2D eigenvalue weighted by Gasteiger charge is -2.13. The van der Waals surface area contributed by atoms with Crippen molar-refractivity contribution in [3.8, 4) is 0 Å². The Kier molecular flexibility index (Phi) is 6.27. The quantitative estimate of drug-likeness (QED) is 0.712. The minimum atomic E-state index is -0.857. The smallest absolute Gasteiger partial charge is 0.315 e. The molecule has 0 aliphatic carbocycles. The summed E-state index contributed by atoms with van der Waals surface area (Å²) in [6.07, 6.45) is 3.22. The molecule has 0 aromatic carbocycles. The first kappa shape index (κ1) is 15.4. The van der Waals surface area contributed by atoms with Crippen molar-refractivity contribution >= 4 is 23.3 Å². The molecule has 19 heavy (non-hydrogen) atoms. The van der Waals surface area contributed by atoms with Gasteiger partial charge in [-0.1, -0.05) is 6.92 Å². The lowest BCUT2D eigenvalue weighted by atomic mass is 10.2. The van der Waals surface area contributed by atoms with Crippen LogP contribution in [0.2, 0.25) is 0 Å². The lowest BCUT2D eigenvalue weighted by molar-refractivity contribution is -0.137. The summed E-state index contributed by atoms with van der Waals surface area (Å²) in [5.41, 5.74) is 0. The summed E-state index contributed by atoms with van der Waals surface area (Å²) in [6.45, 7) is 4.23. The van der Waals surface area contributed by atoms with Crippen LogP contribution >= 0.6 is 11.3 Å². The van der Waals surface area contributed by atoms with Gasteiger partial charge in [-0.25, -0.2) is 9.78 Å². The molecule has 1 atom stereocenters. The summed E-state index contributed by atoms with van der Waals surface area (Å²) in [6, 6.07) is -0.468. The van der Waals surface area contributed by atoms with Gasteiger partial charge in [-0.2, -0.15) is 0 Å². The van der Waals surface area contributed by atoms with Crippen molar-refractivity contribution in [2.24, 2.45) is 0 Å². The van der Waals surface area contributed by atoms with Crippen LogP contribution in [0.3, 0.4) is 0 Å². The van der Waals surface area contributed by atoms with Crippen molar-refractivity contribution in [3.05, 3.63) is 16.1 Å². The number of thiazole rings is 1. The van der Waals surface area contributed by atoms with E-state index >= 15 is 0 Å². The summed E-state index contributed by atoms with van der Waals surface area (Å²) in [5, 5.41) is 14.8. The Bertz CT molecular complexity index is 434. The molecule has 1 aromatic rings. The van der Waals surface area contributed by atoms with Crippen LogP contribution in [-0.2, 0) is 17.8 Å². The highest BCUT2D eigenvalue weighted by atomic mass is 32.1. The molecular formula is C12H19N3O3S. The highest BCUT2D eigenvalue weighted by Gasteiger charge is 2.09. The van der Waals surface area contributed by atoms with Gasteiger partial charge in [0.2, 0.25) is 0 Å². The predicted octanol–water partition coefficient (Wildman–Crippen LogP) is 1.76. The number of carboxylic acids is 1. The second kappa shape index (κ2) is 7.73. The molecule has 0 saturated carbocycles. The van der Waals surface area contributed by atoms with E-state index in [0.717, 1.165) is 11.4 Å². The van der Waals surface area contributed by atoms with Crippen LogP contribution in [0.5, 0.6) is 0 Å².